The highest BCUT2D eigenvalue weighted by molar-refractivity contribution is 8.24. The van der Waals surface area contributed by atoms with Gasteiger partial charge in [-0.3, -0.25) is 13.9 Å². The van der Waals surface area contributed by atoms with Crippen LogP contribution in [0.1, 0.15) is 23.7 Å². The molecule has 1 atom stereocenters. The molecule has 10 heteroatoms. The van der Waals surface area contributed by atoms with E-state index in [9.17, 15) is 13.9 Å². The van der Waals surface area contributed by atoms with Crippen molar-refractivity contribution in [3.8, 4) is 17.1 Å². The molecule has 0 aliphatic carbocycles. The van der Waals surface area contributed by atoms with Gasteiger partial charge in [0, 0.05) is 28.5 Å². The first-order valence-corrected chi connectivity index (χ1v) is 13.2. The molecule has 2 aromatic heterocycles. The van der Waals surface area contributed by atoms with E-state index in [2.05, 4.69) is 10.3 Å². The largest absolute Gasteiger partial charge is 0.345 e. The predicted molar refractivity (Wildman–Crippen MR) is 137 cm³/mol. The molecule has 2 aromatic carbocycles. The van der Waals surface area contributed by atoms with Crippen LogP contribution in [0.4, 0.5) is 0 Å². The van der Waals surface area contributed by atoms with Gasteiger partial charge < -0.3 is 5.32 Å². The van der Waals surface area contributed by atoms with E-state index >= 15 is 0 Å². The topological polar surface area (TPSA) is 100 Å². The number of benzene rings is 2. The quantitative estimate of drug-likeness (QED) is 0.307. The summed E-state index contributed by atoms with van der Waals surface area (Å²) < 4.78 is 21.7. The average Bonchev–Trinajstić information content (AvgIpc) is 3.30. The Kier molecular flexibility index (Phi) is 5.82. The lowest BCUT2D eigenvalue weighted by Gasteiger charge is -2.30. The van der Waals surface area contributed by atoms with Gasteiger partial charge in [-0.2, -0.15) is 15.7 Å². The summed E-state index contributed by atoms with van der Waals surface area (Å²) in [5, 5.41) is 9.65. The van der Waals surface area contributed by atoms with Crippen molar-refractivity contribution in [2.45, 2.75) is 18.9 Å². The van der Waals surface area contributed by atoms with E-state index < -0.39 is 16.1 Å². The molecule has 0 spiro atoms. The van der Waals surface area contributed by atoms with Crippen LogP contribution in [0.5, 0.6) is 0 Å². The van der Waals surface area contributed by atoms with Gasteiger partial charge >= 0.3 is 0 Å². The van der Waals surface area contributed by atoms with Crippen LogP contribution in [0, 0.1) is 0 Å². The summed E-state index contributed by atoms with van der Waals surface area (Å²) in [4.78, 5) is 17.5. The third-order valence-electron chi connectivity index (χ3n) is 5.95. The maximum absolute atomic E-state index is 13.1. The van der Waals surface area contributed by atoms with Crippen LogP contribution < -0.4 is 5.32 Å². The maximum Gasteiger partial charge on any atom is 0.251 e. The number of pyridine rings is 1. The van der Waals surface area contributed by atoms with Gasteiger partial charge in [0.2, 0.25) is 0 Å². The summed E-state index contributed by atoms with van der Waals surface area (Å²) in [5.74, 6) is 0.690. The minimum atomic E-state index is -2.65. The molecule has 1 aliphatic heterocycles. The Balaban J connectivity index is 1.60. The van der Waals surface area contributed by atoms with Crippen molar-refractivity contribution in [1.82, 2.24) is 20.1 Å². The highest BCUT2D eigenvalue weighted by Crippen LogP contribution is 2.50. The fourth-order valence-corrected chi connectivity index (χ4v) is 6.76. The van der Waals surface area contributed by atoms with Crippen LogP contribution in [0.3, 0.4) is 0 Å². The Labute approximate surface area is 208 Å². The van der Waals surface area contributed by atoms with Crippen LogP contribution in [0.2, 0.25) is 10.0 Å². The number of fused-ring (bicyclic) bond motifs is 1. The molecule has 1 aliphatic rings. The van der Waals surface area contributed by atoms with Gasteiger partial charge in [0.15, 0.2) is 5.82 Å². The Morgan fingerprint density at radius 2 is 1.94 bits per heavy atom. The summed E-state index contributed by atoms with van der Waals surface area (Å²) in [5.41, 5.74) is 1.87. The van der Waals surface area contributed by atoms with Gasteiger partial charge in [0.25, 0.3) is 5.91 Å². The second-order valence-corrected chi connectivity index (χ2v) is 11.9. The zero-order chi connectivity index (χ0) is 24.1. The molecule has 1 saturated heterocycles. The molecular formula is C24H22Cl2N4O3S. The minimum absolute atomic E-state index is 0.150. The number of nitrogens with zero attached hydrogens (tertiary/aromatic N) is 3. The van der Waals surface area contributed by atoms with Crippen molar-refractivity contribution in [1.29, 1.82) is 0 Å². The zero-order valence-corrected chi connectivity index (χ0v) is 20.5. The molecule has 0 bridgehead atoms. The number of hydrogen-bond acceptors (Lipinski definition) is 5. The number of halogens is 2. The Morgan fingerprint density at radius 3 is 2.62 bits per heavy atom. The molecule has 1 amide bonds. The summed E-state index contributed by atoms with van der Waals surface area (Å²) in [7, 11) is -2.65. The van der Waals surface area contributed by atoms with E-state index in [1.54, 1.807) is 35.0 Å². The van der Waals surface area contributed by atoms with E-state index in [4.69, 9.17) is 28.3 Å². The molecule has 34 heavy (non-hydrogen) atoms. The van der Waals surface area contributed by atoms with Gasteiger partial charge in [-0.05, 0) is 49.7 Å². The summed E-state index contributed by atoms with van der Waals surface area (Å²) >= 11 is 12.5. The number of rotatable bonds is 4. The van der Waals surface area contributed by atoms with Crippen molar-refractivity contribution in [3.63, 3.8) is 0 Å². The van der Waals surface area contributed by atoms with E-state index in [0.717, 1.165) is 10.9 Å². The normalized spacial score (nSPS) is 20.4. The fourth-order valence-electron chi connectivity index (χ4n) is 4.26. The Morgan fingerprint density at radius 1 is 1.15 bits per heavy atom. The van der Waals surface area contributed by atoms with Crippen molar-refractivity contribution < 1.29 is 13.9 Å². The second kappa shape index (κ2) is 8.55. The molecule has 5 rings (SSSR count). The molecule has 1 fully saturated rings. The van der Waals surface area contributed by atoms with Crippen molar-refractivity contribution >= 4 is 50.6 Å². The first-order chi connectivity index (χ1) is 16.1. The van der Waals surface area contributed by atoms with E-state index in [1.807, 2.05) is 31.2 Å². The maximum atomic E-state index is 13.1. The van der Waals surface area contributed by atoms with Crippen LogP contribution in [-0.4, -0.2) is 46.8 Å². The summed E-state index contributed by atoms with van der Waals surface area (Å²) in [6, 6.07) is 16.2. The number of carbonyl (C=O) groups is 1. The molecule has 1 unspecified atom stereocenters. The molecule has 176 valence electrons. The molecule has 3 heterocycles. The number of nitrogens with one attached hydrogen (secondary N) is 1. The van der Waals surface area contributed by atoms with Gasteiger partial charge in [-0.15, -0.1) is 0 Å². The van der Waals surface area contributed by atoms with Crippen molar-refractivity contribution in [3.05, 3.63) is 76.4 Å². The third kappa shape index (κ3) is 4.39. The Bertz CT molecular complexity index is 1410. The van der Waals surface area contributed by atoms with Crippen LogP contribution >= 0.6 is 33.8 Å². The fraction of sp³-hybridized carbons (Fsp3) is 0.208. The van der Waals surface area contributed by atoms with Crippen LogP contribution in [0.25, 0.3) is 28.0 Å². The van der Waals surface area contributed by atoms with Crippen LogP contribution in [0.15, 0.2) is 60.8 Å². The number of carbonyl (C=O) groups excluding carboxylic acids is 1. The highest BCUT2D eigenvalue weighted by atomic mass is 35.5. The van der Waals surface area contributed by atoms with Gasteiger partial charge in [-0.1, -0.05) is 41.4 Å². The molecule has 3 N–H and O–H groups in total. The number of amides is 1. The molecule has 7 nitrogen and oxygen atoms in total. The smallest absolute Gasteiger partial charge is 0.251 e. The molecule has 0 radical (unpaired) electrons. The summed E-state index contributed by atoms with van der Waals surface area (Å²) in [6.07, 6.45) is 2.04. The number of hydrogen-bond donors (Lipinski definition) is 3. The van der Waals surface area contributed by atoms with E-state index in [1.165, 1.54) is 6.20 Å². The lowest BCUT2D eigenvalue weighted by molar-refractivity contribution is 0.0915. The van der Waals surface area contributed by atoms with Crippen molar-refractivity contribution in [2.24, 2.45) is 0 Å². The van der Waals surface area contributed by atoms with Crippen LogP contribution in [-0.2, 0) is 0 Å². The standard InChI is InChI=1S/C24H22Cl2N4O3S/c1-24(10-11-34(32,33)14-24)28-23(31)15-6-8-18-20(12-15)30(21-9-7-16(25)13-27-21)29-22(18)17-4-2-3-5-19(17)26/h2-9,12-13,32-33H,10-11,14H2,1H3,(H,28,31). The predicted octanol–water partition coefficient (Wildman–Crippen LogP) is 6.04. The van der Waals surface area contributed by atoms with Crippen molar-refractivity contribution in [2.75, 3.05) is 11.5 Å². The van der Waals surface area contributed by atoms with Gasteiger partial charge in [0.1, 0.15) is 5.69 Å². The monoisotopic (exact) mass is 516 g/mol. The van der Waals surface area contributed by atoms with Gasteiger partial charge in [-0.25, -0.2) is 9.67 Å². The number of aromatic nitrogens is 3. The first kappa shape index (κ1) is 23.1. The lowest BCUT2D eigenvalue weighted by atomic mass is 10.0. The molecular weight excluding hydrogens is 495 g/mol. The average molecular weight is 517 g/mol. The third-order valence-corrected chi connectivity index (χ3v) is 8.46. The summed E-state index contributed by atoms with van der Waals surface area (Å²) in [6.45, 7) is 1.84. The Hall–Kier alpha value is -2.62. The zero-order valence-electron chi connectivity index (χ0n) is 18.2. The molecule has 0 saturated carbocycles. The molecule has 4 aromatic rings. The first-order valence-electron chi connectivity index (χ1n) is 10.6. The van der Waals surface area contributed by atoms with E-state index in [-0.39, 0.29) is 11.7 Å². The van der Waals surface area contributed by atoms with Gasteiger partial charge in [0.05, 0.1) is 26.9 Å². The SMILES string of the molecule is CC1(NC(=O)c2ccc3c(-c4ccccc4Cl)nn(-c4ccc(Cl)cn4)c3c2)CCS(O)(O)C1. The van der Waals surface area contributed by atoms with E-state index in [0.29, 0.717) is 44.8 Å². The highest BCUT2D eigenvalue weighted by Gasteiger charge is 2.39. The minimum Gasteiger partial charge on any atom is -0.345 e. The second-order valence-electron chi connectivity index (χ2n) is 8.72. The lowest BCUT2D eigenvalue weighted by Crippen LogP contribution is -2.46.